The number of nitrogens with one attached hydrogen (secondary N) is 2. The van der Waals surface area contributed by atoms with Gasteiger partial charge >= 0.3 is 0 Å². The molecule has 0 bridgehead atoms. The van der Waals surface area contributed by atoms with Crippen molar-refractivity contribution in [2.24, 2.45) is 5.92 Å². The van der Waals surface area contributed by atoms with Crippen LogP contribution in [0.4, 0.5) is 5.69 Å². The second-order valence-electron chi connectivity index (χ2n) is 5.83. The van der Waals surface area contributed by atoms with E-state index in [2.05, 4.69) is 14.9 Å². The van der Waals surface area contributed by atoms with Crippen LogP contribution in [0.15, 0.2) is 29.2 Å². The molecule has 0 radical (unpaired) electrons. The summed E-state index contributed by atoms with van der Waals surface area (Å²) in [6.45, 7) is 5.37. The highest BCUT2D eigenvalue weighted by molar-refractivity contribution is 7.89. The van der Waals surface area contributed by atoms with Crippen LogP contribution in [0.2, 0.25) is 0 Å². The van der Waals surface area contributed by atoms with Crippen molar-refractivity contribution in [1.82, 2.24) is 10.0 Å². The highest BCUT2D eigenvalue weighted by atomic mass is 32.2. The average Bonchev–Trinajstić information content (AvgIpc) is 3.08. The van der Waals surface area contributed by atoms with Crippen LogP contribution in [0.25, 0.3) is 0 Å². The fourth-order valence-electron chi connectivity index (χ4n) is 3.38. The van der Waals surface area contributed by atoms with Crippen molar-refractivity contribution < 1.29 is 8.42 Å². The molecule has 6 heteroatoms. The van der Waals surface area contributed by atoms with Gasteiger partial charge in [0, 0.05) is 32.2 Å². The van der Waals surface area contributed by atoms with E-state index in [1.165, 1.54) is 0 Å². The van der Waals surface area contributed by atoms with Crippen molar-refractivity contribution in [3.05, 3.63) is 24.3 Å². The number of fused-ring (bicyclic) bond motifs is 1. The lowest BCUT2D eigenvalue weighted by atomic mass is 10.1. The lowest BCUT2D eigenvalue weighted by Crippen LogP contribution is -2.36. The van der Waals surface area contributed by atoms with E-state index in [0.29, 0.717) is 23.4 Å². The number of anilines is 1. The summed E-state index contributed by atoms with van der Waals surface area (Å²) in [6.07, 6.45) is 1.92. The zero-order valence-electron chi connectivity index (χ0n) is 12.4. The van der Waals surface area contributed by atoms with Crippen molar-refractivity contribution in [3.63, 3.8) is 0 Å². The molecule has 2 fully saturated rings. The minimum absolute atomic E-state index is 0.408. The number of sulfonamides is 1. The second-order valence-corrected chi connectivity index (χ2v) is 7.57. The van der Waals surface area contributed by atoms with Crippen LogP contribution < -0.4 is 14.9 Å². The van der Waals surface area contributed by atoms with Crippen molar-refractivity contribution in [1.29, 1.82) is 0 Å². The number of nitrogens with zero attached hydrogens (tertiary/aromatic N) is 1. The minimum atomic E-state index is -3.43. The molecule has 116 valence electrons. The number of benzene rings is 1. The molecule has 21 heavy (non-hydrogen) atoms. The molecule has 1 aromatic carbocycles. The first-order valence-corrected chi connectivity index (χ1v) is 9.18. The van der Waals surface area contributed by atoms with Crippen LogP contribution in [0, 0.1) is 5.92 Å². The smallest absolute Gasteiger partial charge is 0.242 e. The molecule has 2 N–H and O–H groups in total. The number of hydrogen-bond acceptors (Lipinski definition) is 4. The van der Waals surface area contributed by atoms with Gasteiger partial charge in [0.2, 0.25) is 10.0 Å². The van der Waals surface area contributed by atoms with Gasteiger partial charge in [0.1, 0.15) is 4.90 Å². The fraction of sp³-hybridized carbons (Fsp3) is 0.600. The summed E-state index contributed by atoms with van der Waals surface area (Å²) >= 11 is 0. The molecule has 1 aromatic rings. The summed E-state index contributed by atoms with van der Waals surface area (Å²) in [5, 5.41) is 3.41. The fourth-order valence-corrected chi connectivity index (χ4v) is 4.73. The van der Waals surface area contributed by atoms with Gasteiger partial charge in [-0.15, -0.1) is 0 Å². The van der Waals surface area contributed by atoms with Gasteiger partial charge in [-0.05, 0) is 30.9 Å². The lowest BCUT2D eigenvalue weighted by Gasteiger charge is -2.27. The first kappa shape index (κ1) is 14.8. The third kappa shape index (κ3) is 2.80. The van der Waals surface area contributed by atoms with Gasteiger partial charge in [-0.2, -0.15) is 0 Å². The molecule has 5 nitrogen and oxygen atoms in total. The largest absolute Gasteiger partial charge is 0.366 e. The number of rotatable bonds is 5. The second kappa shape index (κ2) is 5.94. The van der Waals surface area contributed by atoms with Gasteiger partial charge in [0.25, 0.3) is 0 Å². The summed E-state index contributed by atoms with van der Waals surface area (Å²) in [5.74, 6) is 0.643. The molecule has 0 saturated carbocycles. The van der Waals surface area contributed by atoms with Gasteiger partial charge in [0.05, 0.1) is 5.69 Å². The quantitative estimate of drug-likeness (QED) is 0.857. The molecule has 2 aliphatic heterocycles. The van der Waals surface area contributed by atoms with Crippen LogP contribution in [-0.4, -0.2) is 40.6 Å². The Balaban J connectivity index is 1.93. The molecule has 0 unspecified atom stereocenters. The van der Waals surface area contributed by atoms with E-state index in [9.17, 15) is 8.42 Å². The summed E-state index contributed by atoms with van der Waals surface area (Å²) in [4.78, 5) is 2.68. The van der Waals surface area contributed by atoms with Crippen LogP contribution in [-0.2, 0) is 10.0 Å². The van der Waals surface area contributed by atoms with Crippen molar-refractivity contribution in [2.75, 3.05) is 31.1 Å². The van der Waals surface area contributed by atoms with Crippen molar-refractivity contribution >= 4 is 15.7 Å². The Hall–Kier alpha value is -1.11. The molecule has 2 aliphatic rings. The maximum absolute atomic E-state index is 12.5. The first-order valence-electron chi connectivity index (χ1n) is 7.69. The molecule has 2 atom stereocenters. The summed E-state index contributed by atoms with van der Waals surface area (Å²) < 4.78 is 27.7. The van der Waals surface area contributed by atoms with E-state index in [4.69, 9.17) is 0 Å². The van der Waals surface area contributed by atoms with E-state index in [0.717, 1.165) is 38.2 Å². The summed E-state index contributed by atoms with van der Waals surface area (Å²) in [7, 11) is -3.43. The maximum atomic E-state index is 12.5. The molecule has 0 aliphatic carbocycles. The SMILES string of the molecule is CCCNS(=O)(=O)c1ccccc1N1CC[C@H]2CNC[C@H]21. The first-order chi connectivity index (χ1) is 10.1. The van der Waals surface area contributed by atoms with Crippen LogP contribution in [0.3, 0.4) is 0 Å². The van der Waals surface area contributed by atoms with E-state index in [1.807, 2.05) is 19.1 Å². The van der Waals surface area contributed by atoms with Gasteiger partial charge < -0.3 is 10.2 Å². The molecule has 0 amide bonds. The topological polar surface area (TPSA) is 61.4 Å². The Morgan fingerprint density at radius 2 is 2.14 bits per heavy atom. The summed E-state index contributed by atoms with van der Waals surface area (Å²) in [5.41, 5.74) is 0.845. The van der Waals surface area contributed by atoms with E-state index >= 15 is 0 Å². The van der Waals surface area contributed by atoms with Crippen LogP contribution in [0.1, 0.15) is 19.8 Å². The van der Waals surface area contributed by atoms with Crippen molar-refractivity contribution in [2.45, 2.75) is 30.7 Å². The maximum Gasteiger partial charge on any atom is 0.242 e. The Kier molecular flexibility index (Phi) is 4.19. The lowest BCUT2D eigenvalue weighted by molar-refractivity contribution is 0.573. The van der Waals surface area contributed by atoms with E-state index < -0.39 is 10.0 Å². The molecule has 3 rings (SSSR count). The van der Waals surface area contributed by atoms with Gasteiger partial charge in [-0.1, -0.05) is 19.1 Å². The molecule has 2 heterocycles. The Morgan fingerprint density at radius 3 is 2.95 bits per heavy atom. The molecular formula is C15H23N3O2S. The molecular weight excluding hydrogens is 286 g/mol. The van der Waals surface area contributed by atoms with Crippen molar-refractivity contribution in [3.8, 4) is 0 Å². The molecule has 0 spiro atoms. The molecule has 0 aromatic heterocycles. The predicted octanol–water partition coefficient (Wildman–Crippen LogP) is 1.17. The highest BCUT2D eigenvalue weighted by Gasteiger charge is 2.39. The van der Waals surface area contributed by atoms with Crippen LogP contribution >= 0.6 is 0 Å². The number of para-hydroxylation sites is 1. The Morgan fingerprint density at radius 1 is 1.33 bits per heavy atom. The van der Waals surface area contributed by atoms with Gasteiger partial charge in [-0.3, -0.25) is 0 Å². The third-order valence-corrected chi connectivity index (χ3v) is 5.96. The normalized spacial score (nSPS) is 25.3. The van der Waals surface area contributed by atoms with Gasteiger partial charge in [0.15, 0.2) is 0 Å². The minimum Gasteiger partial charge on any atom is -0.366 e. The number of hydrogen-bond donors (Lipinski definition) is 2. The monoisotopic (exact) mass is 309 g/mol. The van der Waals surface area contributed by atoms with Crippen LogP contribution in [0.5, 0.6) is 0 Å². The zero-order valence-corrected chi connectivity index (χ0v) is 13.2. The highest BCUT2D eigenvalue weighted by Crippen LogP contribution is 2.35. The standard InChI is InChI=1S/C15H23N3O2S/c1-2-8-17-21(19,20)15-6-4-3-5-13(15)18-9-7-12-10-16-11-14(12)18/h3-6,12,14,16-17H,2,7-11H2,1H3/t12-,14+/m0/s1. The predicted molar refractivity (Wildman–Crippen MR) is 84.0 cm³/mol. The molecule has 2 saturated heterocycles. The zero-order chi connectivity index (χ0) is 14.9. The van der Waals surface area contributed by atoms with Gasteiger partial charge in [-0.25, -0.2) is 13.1 Å². The van der Waals surface area contributed by atoms with E-state index in [-0.39, 0.29) is 0 Å². The summed E-state index contributed by atoms with van der Waals surface area (Å²) in [6, 6.07) is 7.78. The average molecular weight is 309 g/mol. The third-order valence-electron chi connectivity index (χ3n) is 4.45. The Bertz CT molecular complexity index is 603. The van der Waals surface area contributed by atoms with E-state index in [1.54, 1.807) is 12.1 Å². The Labute approximate surface area is 126 Å².